The van der Waals surface area contributed by atoms with Crippen LogP contribution in [-0.4, -0.2) is 47.8 Å². The molecular formula is C23H28N4S2. The van der Waals surface area contributed by atoms with Crippen molar-refractivity contribution < 1.29 is 0 Å². The van der Waals surface area contributed by atoms with Gasteiger partial charge in [0.05, 0.1) is 5.39 Å². The lowest BCUT2D eigenvalue weighted by Crippen LogP contribution is -2.35. The van der Waals surface area contributed by atoms with Crippen molar-refractivity contribution in [2.75, 3.05) is 37.8 Å². The molecule has 1 fully saturated rings. The molecule has 4 nitrogen and oxygen atoms in total. The molecular weight excluding hydrogens is 396 g/mol. The second kappa shape index (κ2) is 8.25. The Labute approximate surface area is 181 Å². The smallest absolute Gasteiger partial charge is 0.190 e. The molecule has 5 rings (SSSR count). The Balaban J connectivity index is 1.41. The van der Waals surface area contributed by atoms with Crippen molar-refractivity contribution >= 4 is 39.1 Å². The number of thioether (sulfide) groups is 1. The second-order valence-corrected chi connectivity index (χ2v) is 10.2. The molecule has 6 heteroatoms. The Morgan fingerprint density at radius 1 is 1.10 bits per heavy atom. The number of likely N-dealkylation sites (N-methyl/N-ethyl adjacent to an activating group) is 1. The van der Waals surface area contributed by atoms with Gasteiger partial charge in [0.2, 0.25) is 0 Å². The van der Waals surface area contributed by atoms with Crippen LogP contribution in [0.25, 0.3) is 10.2 Å². The number of anilines is 1. The molecule has 0 amide bonds. The van der Waals surface area contributed by atoms with Gasteiger partial charge in [-0.1, -0.05) is 42.1 Å². The number of piperidine rings is 1. The van der Waals surface area contributed by atoms with Crippen LogP contribution in [0.5, 0.6) is 0 Å². The van der Waals surface area contributed by atoms with Crippen molar-refractivity contribution in [1.29, 1.82) is 0 Å². The highest BCUT2D eigenvalue weighted by Gasteiger charge is 2.27. The maximum Gasteiger partial charge on any atom is 0.190 e. The van der Waals surface area contributed by atoms with Crippen molar-refractivity contribution in [3.63, 3.8) is 0 Å². The zero-order valence-corrected chi connectivity index (χ0v) is 18.9. The minimum Gasteiger partial charge on any atom is -0.356 e. The van der Waals surface area contributed by atoms with Crippen LogP contribution in [0, 0.1) is 5.92 Å². The van der Waals surface area contributed by atoms with Crippen LogP contribution in [0.2, 0.25) is 0 Å². The van der Waals surface area contributed by atoms with Gasteiger partial charge in [-0.3, -0.25) is 0 Å². The molecule has 152 valence electrons. The summed E-state index contributed by atoms with van der Waals surface area (Å²) < 4.78 is 0. The molecule has 1 saturated heterocycles. The summed E-state index contributed by atoms with van der Waals surface area (Å²) in [5, 5.41) is 2.25. The quantitative estimate of drug-likeness (QED) is 0.441. The van der Waals surface area contributed by atoms with E-state index in [1.54, 1.807) is 11.8 Å². The first kappa shape index (κ1) is 19.3. The highest BCUT2D eigenvalue weighted by atomic mass is 32.2. The summed E-state index contributed by atoms with van der Waals surface area (Å²) in [6.45, 7) is 4.37. The Bertz CT molecular complexity index is 993. The van der Waals surface area contributed by atoms with E-state index in [0.717, 1.165) is 43.7 Å². The largest absolute Gasteiger partial charge is 0.356 e. The number of hydrogen-bond acceptors (Lipinski definition) is 6. The minimum absolute atomic E-state index is 0.774. The van der Waals surface area contributed by atoms with E-state index in [4.69, 9.17) is 9.97 Å². The highest BCUT2D eigenvalue weighted by molar-refractivity contribution is 7.98. The highest BCUT2D eigenvalue weighted by Crippen LogP contribution is 2.40. The van der Waals surface area contributed by atoms with Crippen LogP contribution in [0.3, 0.4) is 0 Å². The molecule has 3 aromatic rings. The van der Waals surface area contributed by atoms with Crippen LogP contribution >= 0.6 is 23.1 Å². The molecule has 2 aromatic heterocycles. The number of aromatic nitrogens is 2. The standard InChI is InChI=1S/C23H28N4S2/c1-26-11-10-18-19(15-26)29-22-20(18)21(24-23(25-22)28-2)27-12-8-17(9-13-27)14-16-6-4-3-5-7-16/h3-7,17H,8-15H2,1-2H3. The molecule has 29 heavy (non-hydrogen) atoms. The van der Waals surface area contributed by atoms with E-state index in [2.05, 4.69) is 53.4 Å². The third-order valence-corrected chi connectivity index (χ3v) is 7.97. The van der Waals surface area contributed by atoms with Crippen LogP contribution < -0.4 is 4.90 Å². The maximum atomic E-state index is 5.02. The SMILES string of the molecule is CSc1nc(N2CCC(Cc3ccccc3)CC2)c2c3c(sc2n1)CN(C)CC3. The van der Waals surface area contributed by atoms with Crippen molar-refractivity contribution in [2.24, 2.45) is 5.92 Å². The number of nitrogens with zero attached hydrogens (tertiary/aromatic N) is 4. The number of rotatable bonds is 4. The summed E-state index contributed by atoms with van der Waals surface area (Å²) in [6.07, 6.45) is 6.88. The summed E-state index contributed by atoms with van der Waals surface area (Å²) in [7, 11) is 2.21. The summed E-state index contributed by atoms with van der Waals surface area (Å²) in [4.78, 5) is 17.5. The molecule has 2 aliphatic heterocycles. The van der Waals surface area contributed by atoms with Gasteiger partial charge in [0.1, 0.15) is 10.6 Å². The normalized spacial score (nSPS) is 18.3. The summed E-state index contributed by atoms with van der Waals surface area (Å²) in [5.74, 6) is 1.97. The summed E-state index contributed by atoms with van der Waals surface area (Å²) in [5.41, 5.74) is 2.98. The van der Waals surface area contributed by atoms with Crippen LogP contribution in [0.1, 0.15) is 28.8 Å². The van der Waals surface area contributed by atoms with Gasteiger partial charge >= 0.3 is 0 Å². The fraction of sp³-hybridized carbons (Fsp3) is 0.478. The van der Waals surface area contributed by atoms with Crippen LogP contribution in [0.4, 0.5) is 5.82 Å². The first-order chi connectivity index (χ1) is 14.2. The molecule has 0 radical (unpaired) electrons. The van der Waals surface area contributed by atoms with Gasteiger partial charge in [0, 0.05) is 31.1 Å². The summed E-state index contributed by atoms with van der Waals surface area (Å²) in [6, 6.07) is 10.9. The predicted molar refractivity (Wildman–Crippen MR) is 124 cm³/mol. The molecule has 0 bridgehead atoms. The molecule has 2 aliphatic rings. The van der Waals surface area contributed by atoms with Crippen LogP contribution in [0.15, 0.2) is 35.5 Å². The second-order valence-electron chi connectivity index (χ2n) is 8.33. The third kappa shape index (κ3) is 3.90. The Hall–Kier alpha value is -1.63. The molecule has 0 saturated carbocycles. The first-order valence-electron chi connectivity index (χ1n) is 10.5. The number of benzene rings is 1. The zero-order chi connectivity index (χ0) is 19.8. The Morgan fingerprint density at radius 2 is 1.90 bits per heavy atom. The van der Waals surface area contributed by atoms with E-state index in [-0.39, 0.29) is 0 Å². The predicted octanol–water partition coefficient (Wildman–Crippen LogP) is 4.86. The van der Waals surface area contributed by atoms with Crippen molar-refractivity contribution in [3.05, 3.63) is 46.3 Å². The van der Waals surface area contributed by atoms with E-state index >= 15 is 0 Å². The fourth-order valence-corrected chi connectivity index (χ4v) is 6.41. The van der Waals surface area contributed by atoms with Gasteiger partial charge < -0.3 is 9.80 Å². The summed E-state index contributed by atoms with van der Waals surface area (Å²) >= 11 is 3.54. The molecule has 4 heterocycles. The van der Waals surface area contributed by atoms with Crippen molar-refractivity contribution in [1.82, 2.24) is 14.9 Å². The molecule has 0 unspecified atom stereocenters. The lowest BCUT2D eigenvalue weighted by atomic mass is 9.90. The van der Waals surface area contributed by atoms with E-state index in [1.165, 1.54) is 51.3 Å². The molecule has 0 aliphatic carbocycles. The van der Waals surface area contributed by atoms with Crippen molar-refractivity contribution in [3.8, 4) is 0 Å². The molecule has 0 atom stereocenters. The average Bonchev–Trinajstić information content (AvgIpc) is 3.11. The topological polar surface area (TPSA) is 32.3 Å². The van der Waals surface area contributed by atoms with Gasteiger partial charge in [0.25, 0.3) is 0 Å². The molecule has 0 spiro atoms. The van der Waals surface area contributed by atoms with Gasteiger partial charge in [-0.25, -0.2) is 9.97 Å². The number of thiophene rings is 1. The van der Waals surface area contributed by atoms with E-state index in [0.29, 0.717) is 0 Å². The lowest BCUT2D eigenvalue weighted by Gasteiger charge is -2.33. The minimum atomic E-state index is 0.774. The van der Waals surface area contributed by atoms with E-state index in [1.807, 2.05) is 11.3 Å². The Morgan fingerprint density at radius 3 is 2.66 bits per heavy atom. The van der Waals surface area contributed by atoms with Crippen molar-refractivity contribution in [2.45, 2.75) is 37.4 Å². The van der Waals surface area contributed by atoms with E-state index in [9.17, 15) is 0 Å². The maximum absolute atomic E-state index is 5.02. The monoisotopic (exact) mass is 424 g/mol. The fourth-order valence-electron chi connectivity index (χ4n) is 4.70. The zero-order valence-electron chi connectivity index (χ0n) is 17.2. The average molecular weight is 425 g/mol. The van der Waals surface area contributed by atoms with Gasteiger partial charge in [-0.2, -0.15) is 0 Å². The lowest BCUT2D eigenvalue weighted by molar-refractivity contribution is 0.318. The van der Waals surface area contributed by atoms with Gasteiger partial charge in [0.15, 0.2) is 5.16 Å². The molecule has 1 aromatic carbocycles. The van der Waals surface area contributed by atoms with E-state index < -0.39 is 0 Å². The van der Waals surface area contributed by atoms with Gasteiger partial charge in [-0.05, 0) is 56.0 Å². The third-order valence-electron chi connectivity index (χ3n) is 6.32. The van der Waals surface area contributed by atoms with Gasteiger partial charge in [-0.15, -0.1) is 11.3 Å². The van der Waals surface area contributed by atoms with Crippen LogP contribution in [-0.2, 0) is 19.4 Å². The Kier molecular flexibility index (Phi) is 5.50. The number of fused-ring (bicyclic) bond motifs is 3. The molecule has 0 N–H and O–H groups in total. The number of hydrogen-bond donors (Lipinski definition) is 0. The first-order valence-corrected chi connectivity index (χ1v) is 12.6.